The van der Waals surface area contributed by atoms with Crippen LogP contribution in [0, 0.1) is 0 Å². The van der Waals surface area contributed by atoms with Crippen LogP contribution in [0.2, 0.25) is 0 Å². The van der Waals surface area contributed by atoms with E-state index in [1.165, 1.54) is 7.11 Å². The van der Waals surface area contributed by atoms with Crippen molar-refractivity contribution in [2.75, 3.05) is 33.9 Å². The summed E-state index contributed by atoms with van der Waals surface area (Å²) < 4.78 is 9.37. The largest absolute Gasteiger partial charge is 0.469 e. The summed E-state index contributed by atoms with van der Waals surface area (Å²) in [6.07, 6.45) is 2.02. The normalized spacial score (nSPS) is 10.6. The molecule has 0 aromatic carbocycles. The van der Waals surface area contributed by atoms with Gasteiger partial charge in [0.15, 0.2) is 5.96 Å². The Kier molecular flexibility index (Phi) is 14.9. The molecule has 6 nitrogen and oxygen atoms in total. The highest BCUT2D eigenvalue weighted by Gasteiger charge is 1.98. The summed E-state index contributed by atoms with van der Waals surface area (Å²) in [6.45, 7) is 1.86. The number of carbonyl (C=O) groups is 1. The Morgan fingerprint density at radius 2 is 2.06 bits per heavy atom. The lowest BCUT2D eigenvalue weighted by molar-refractivity contribution is -0.140. The number of methoxy groups -OCH3 is 2. The van der Waals surface area contributed by atoms with Crippen LogP contribution in [0.5, 0.6) is 0 Å². The van der Waals surface area contributed by atoms with Crippen molar-refractivity contribution in [2.45, 2.75) is 19.3 Å². The van der Waals surface area contributed by atoms with Crippen molar-refractivity contribution < 1.29 is 14.3 Å². The van der Waals surface area contributed by atoms with Crippen molar-refractivity contribution in [1.29, 1.82) is 0 Å². The summed E-state index contributed by atoms with van der Waals surface area (Å²) >= 11 is 0. The molecule has 0 spiro atoms. The highest BCUT2D eigenvalue weighted by molar-refractivity contribution is 14.0. The van der Waals surface area contributed by atoms with E-state index < -0.39 is 0 Å². The number of halogens is 1. The van der Waals surface area contributed by atoms with Crippen molar-refractivity contribution in [2.24, 2.45) is 10.7 Å². The Labute approximate surface area is 119 Å². The summed E-state index contributed by atoms with van der Waals surface area (Å²) in [4.78, 5) is 14.9. The highest BCUT2D eigenvalue weighted by atomic mass is 127. The van der Waals surface area contributed by atoms with Crippen LogP contribution in [-0.4, -0.2) is 45.8 Å². The first-order valence-corrected chi connectivity index (χ1v) is 5.30. The zero-order chi connectivity index (χ0) is 12.2. The highest BCUT2D eigenvalue weighted by Crippen LogP contribution is 1.96. The topological polar surface area (TPSA) is 85.9 Å². The van der Waals surface area contributed by atoms with Crippen molar-refractivity contribution in [1.82, 2.24) is 5.32 Å². The predicted molar refractivity (Wildman–Crippen MR) is 77.7 cm³/mol. The van der Waals surface area contributed by atoms with Gasteiger partial charge in [0, 0.05) is 26.6 Å². The Morgan fingerprint density at radius 3 is 2.65 bits per heavy atom. The standard InChI is InChI=1S/C10H21N3O3.HI/c1-15-8-7-13-10(11)12-6-4-3-5-9(14)16-2;/h3-8H2,1-2H3,(H3,11,12,13);1H. The van der Waals surface area contributed by atoms with Crippen LogP contribution in [0.15, 0.2) is 4.99 Å². The van der Waals surface area contributed by atoms with Gasteiger partial charge >= 0.3 is 5.97 Å². The molecule has 0 amide bonds. The second-order valence-corrected chi connectivity index (χ2v) is 3.22. The summed E-state index contributed by atoms with van der Waals surface area (Å²) in [5.41, 5.74) is 5.57. The lowest BCUT2D eigenvalue weighted by Gasteiger charge is -2.04. The minimum absolute atomic E-state index is 0. The molecule has 7 heteroatoms. The van der Waals surface area contributed by atoms with E-state index >= 15 is 0 Å². The van der Waals surface area contributed by atoms with Crippen LogP contribution in [0.1, 0.15) is 19.3 Å². The van der Waals surface area contributed by atoms with E-state index in [2.05, 4.69) is 15.0 Å². The molecule has 0 aliphatic rings. The van der Waals surface area contributed by atoms with Gasteiger partial charge in [-0.1, -0.05) is 0 Å². The molecule has 0 radical (unpaired) electrons. The number of ether oxygens (including phenoxy) is 2. The number of nitrogens with zero attached hydrogens (tertiary/aromatic N) is 1. The molecule has 0 aromatic rings. The smallest absolute Gasteiger partial charge is 0.305 e. The van der Waals surface area contributed by atoms with Gasteiger partial charge in [0.25, 0.3) is 0 Å². The summed E-state index contributed by atoms with van der Waals surface area (Å²) in [6, 6.07) is 0. The van der Waals surface area contributed by atoms with E-state index in [1.807, 2.05) is 0 Å². The first-order chi connectivity index (χ1) is 7.70. The van der Waals surface area contributed by atoms with Crippen LogP contribution in [0.25, 0.3) is 0 Å². The Hall–Kier alpha value is -0.570. The van der Waals surface area contributed by atoms with Gasteiger partial charge in [-0.25, -0.2) is 0 Å². The van der Waals surface area contributed by atoms with Crippen molar-refractivity contribution in [3.8, 4) is 0 Å². The maximum atomic E-state index is 10.8. The maximum Gasteiger partial charge on any atom is 0.305 e. The number of esters is 1. The minimum atomic E-state index is -0.185. The molecule has 0 rings (SSSR count). The van der Waals surface area contributed by atoms with Gasteiger partial charge in [0.1, 0.15) is 0 Å². The van der Waals surface area contributed by atoms with Gasteiger partial charge in [-0.15, -0.1) is 24.0 Å². The Morgan fingerprint density at radius 1 is 1.35 bits per heavy atom. The monoisotopic (exact) mass is 359 g/mol. The quantitative estimate of drug-likeness (QED) is 0.217. The number of rotatable bonds is 8. The third-order valence-corrected chi connectivity index (χ3v) is 1.91. The average Bonchev–Trinajstić information content (AvgIpc) is 2.28. The minimum Gasteiger partial charge on any atom is -0.469 e. The molecule has 3 N–H and O–H groups in total. The number of hydrogen-bond donors (Lipinski definition) is 2. The molecular weight excluding hydrogens is 337 g/mol. The number of unbranched alkanes of at least 4 members (excludes halogenated alkanes) is 1. The van der Waals surface area contributed by atoms with Gasteiger partial charge in [-0.05, 0) is 12.8 Å². The maximum absolute atomic E-state index is 10.8. The predicted octanol–water partition coefficient (Wildman–Crippen LogP) is 0.498. The van der Waals surface area contributed by atoms with Gasteiger partial charge in [-0.3, -0.25) is 9.79 Å². The SMILES string of the molecule is COCCNC(N)=NCCCCC(=O)OC.I. The zero-order valence-electron chi connectivity index (χ0n) is 10.4. The molecule has 0 unspecified atom stereocenters. The van der Waals surface area contributed by atoms with Crippen LogP contribution in [0.4, 0.5) is 0 Å². The fourth-order valence-electron chi connectivity index (χ4n) is 1.02. The molecule has 0 aliphatic heterocycles. The third kappa shape index (κ3) is 13.4. The second kappa shape index (κ2) is 13.5. The van der Waals surface area contributed by atoms with E-state index in [4.69, 9.17) is 10.5 Å². The summed E-state index contributed by atoms with van der Waals surface area (Å²) in [5.74, 6) is 0.227. The molecule has 0 bridgehead atoms. The van der Waals surface area contributed by atoms with Crippen LogP contribution in [-0.2, 0) is 14.3 Å². The second-order valence-electron chi connectivity index (χ2n) is 3.22. The molecule has 102 valence electrons. The molecule has 0 heterocycles. The van der Waals surface area contributed by atoms with Gasteiger partial charge in [-0.2, -0.15) is 0 Å². The first-order valence-electron chi connectivity index (χ1n) is 5.30. The lowest BCUT2D eigenvalue weighted by atomic mass is 10.2. The van der Waals surface area contributed by atoms with Crippen molar-refractivity contribution >= 4 is 35.9 Å². The molecule has 17 heavy (non-hydrogen) atoms. The summed E-state index contributed by atoms with van der Waals surface area (Å²) in [5, 5.41) is 2.91. The number of aliphatic imine (C=N–C) groups is 1. The number of nitrogens with two attached hydrogens (primary N) is 1. The fraction of sp³-hybridized carbons (Fsp3) is 0.800. The fourth-order valence-corrected chi connectivity index (χ4v) is 1.02. The number of carbonyl (C=O) groups excluding carboxylic acids is 1. The number of hydrogen-bond acceptors (Lipinski definition) is 4. The zero-order valence-corrected chi connectivity index (χ0v) is 12.7. The molecule has 0 aliphatic carbocycles. The molecule has 0 aromatic heterocycles. The van der Waals surface area contributed by atoms with Gasteiger partial charge in [0.05, 0.1) is 13.7 Å². The van der Waals surface area contributed by atoms with Crippen LogP contribution >= 0.6 is 24.0 Å². The van der Waals surface area contributed by atoms with Gasteiger partial charge < -0.3 is 20.5 Å². The van der Waals surface area contributed by atoms with E-state index in [9.17, 15) is 4.79 Å². The summed E-state index contributed by atoms with van der Waals surface area (Å²) in [7, 11) is 3.01. The van der Waals surface area contributed by atoms with E-state index in [1.54, 1.807) is 7.11 Å². The lowest BCUT2D eigenvalue weighted by Crippen LogP contribution is -2.34. The molecule has 0 atom stereocenters. The molecule has 0 saturated carbocycles. The van der Waals surface area contributed by atoms with E-state index in [0.29, 0.717) is 32.1 Å². The molecule has 0 fully saturated rings. The Balaban J connectivity index is 0. The van der Waals surface area contributed by atoms with Crippen LogP contribution < -0.4 is 11.1 Å². The molecular formula is C10H22IN3O3. The van der Waals surface area contributed by atoms with Crippen molar-refractivity contribution in [3.63, 3.8) is 0 Å². The van der Waals surface area contributed by atoms with Crippen LogP contribution in [0.3, 0.4) is 0 Å². The van der Waals surface area contributed by atoms with E-state index in [0.717, 1.165) is 12.8 Å². The van der Waals surface area contributed by atoms with E-state index in [-0.39, 0.29) is 29.9 Å². The number of guanidine groups is 1. The van der Waals surface area contributed by atoms with Gasteiger partial charge in [0.2, 0.25) is 0 Å². The number of nitrogens with one attached hydrogen (secondary N) is 1. The third-order valence-electron chi connectivity index (χ3n) is 1.91. The first kappa shape index (κ1) is 18.8. The average molecular weight is 359 g/mol. The Bertz CT molecular complexity index is 225. The molecule has 0 saturated heterocycles. The van der Waals surface area contributed by atoms with Crippen molar-refractivity contribution in [3.05, 3.63) is 0 Å².